The molecular weight excluding hydrogens is 280 g/mol. The Morgan fingerprint density at radius 1 is 1.48 bits per heavy atom. The van der Waals surface area contributed by atoms with Crippen LogP contribution < -0.4 is 5.32 Å². The zero-order valence-electron chi connectivity index (χ0n) is 12.1. The topological polar surface area (TPSA) is 52.9 Å². The van der Waals surface area contributed by atoms with Crippen molar-refractivity contribution in [2.24, 2.45) is 0 Å². The number of nitrogens with zero attached hydrogens (tertiary/aromatic N) is 1. The first-order chi connectivity index (χ1) is 10.2. The van der Waals surface area contributed by atoms with E-state index < -0.39 is 0 Å². The molecule has 1 aromatic carbocycles. The number of amides is 1. The molecule has 2 rings (SSSR count). The van der Waals surface area contributed by atoms with Crippen molar-refractivity contribution in [2.75, 3.05) is 5.75 Å². The third-order valence-corrected chi connectivity index (χ3v) is 4.50. The summed E-state index contributed by atoms with van der Waals surface area (Å²) in [5.74, 6) is 0.481. The van der Waals surface area contributed by atoms with Gasteiger partial charge in [-0.3, -0.25) is 4.79 Å². The first-order valence-electron chi connectivity index (χ1n) is 6.96. The molecule has 0 radical (unpaired) electrons. The molecule has 1 amide bonds. The lowest BCUT2D eigenvalue weighted by Gasteiger charge is -2.25. The Hall–Kier alpha value is -1.99. The van der Waals surface area contributed by atoms with Gasteiger partial charge in [-0.05, 0) is 17.5 Å². The summed E-state index contributed by atoms with van der Waals surface area (Å²) in [5, 5.41) is 13.0. The van der Waals surface area contributed by atoms with E-state index in [-0.39, 0.29) is 11.8 Å². The second-order valence-electron chi connectivity index (χ2n) is 4.85. The number of thioether (sulfide) groups is 1. The molecule has 0 unspecified atom stereocenters. The standard InChI is InChI=1S/C17H18N2OS/c1-3-9-21-17-15(11-18)14(10-16(20)19-17)13-7-5-12(4-2)6-8-13/h3,5-8,14H,1,4,9-10H2,2H3,(H,19,20)/t14-/m0/s1. The van der Waals surface area contributed by atoms with Gasteiger partial charge in [0.25, 0.3) is 0 Å². The summed E-state index contributed by atoms with van der Waals surface area (Å²) in [5.41, 5.74) is 2.92. The number of rotatable bonds is 5. The molecule has 1 N–H and O–H groups in total. The van der Waals surface area contributed by atoms with E-state index in [2.05, 4.69) is 37.0 Å². The van der Waals surface area contributed by atoms with Gasteiger partial charge in [0.05, 0.1) is 16.7 Å². The summed E-state index contributed by atoms with van der Waals surface area (Å²) in [6.45, 7) is 5.78. The number of nitriles is 1. The van der Waals surface area contributed by atoms with Crippen LogP contribution in [0.2, 0.25) is 0 Å². The van der Waals surface area contributed by atoms with Crippen molar-refractivity contribution in [3.8, 4) is 6.07 Å². The van der Waals surface area contributed by atoms with Gasteiger partial charge in [0.15, 0.2) is 0 Å². The molecule has 108 valence electrons. The van der Waals surface area contributed by atoms with E-state index in [1.807, 2.05) is 12.1 Å². The predicted octanol–water partition coefficient (Wildman–Crippen LogP) is 3.51. The Balaban J connectivity index is 2.36. The zero-order chi connectivity index (χ0) is 15.2. The van der Waals surface area contributed by atoms with Gasteiger partial charge in [-0.1, -0.05) is 37.3 Å². The third-order valence-electron chi connectivity index (χ3n) is 3.49. The second-order valence-corrected chi connectivity index (χ2v) is 5.88. The van der Waals surface area contributed by atoms with E-state index in [0.717, 1.165) is 12.0 Å². The molecule has 1 heterocycles. The van der Waals surface area contributed by atoms with Crippen LogP contribution in [0.15, 0.2) is 47.5 Å². The van der Waals surface area contributed by atoms with E-state index in [4.69, 9.17) is 0 Å². The Labute approximate surface area is 129 Å². The number of carbonyl (C=O) groups is 1. The fourth-order valence-electron chi connectivity index (χ4n) is 2.35. The number of benzene rings is 1. The zero-order valence-corrected chi connectivity index (χ0v) is 12.9. The van der Waals surface area contributed by atoms with Crippen molar-refractivity contribution in [1.29, 1.82) is 5.26 Å². The number of hydrogen-bond donors (Lipinski definition) is 1. The van der Waals surface area contributed by atoms with E-state index in [1.54, 1.807) is 6.08 Å². The molecule has 1 aliphatic rings. The van der Waals surface area contributed by atoms with Crippen LogP contribution in [0.4, 0.5) is 0 Å². The summed E-state index contributed by atoms with van der Waals surface area (Å²) < 4.78 is 0. The highest BCUT2D eigenvalue weighted by atomic mass is 32.2. The van der Waals surface area contributed by atoms with Crippen LogP contribution >= 0.6 is 11.8 Å². The van der Waals surface area contributed by atoms with Crippen molar-refractivity contribution in [3.63, 3.8) is 0 Å². The average Bonchev–Trinajstić information content (AvgIpc) is 2.52. The number of allylic oxidation sites excluding steroid dienone is 1. The van der Waals surface area contributed by atoms with Crippen molar-refractivity contribution >= 4 is 17.7 Å². The Kier molecular flexibility index (Phi) is 5.24. The number of nitrogens with one attached hydrogen (secondary N) is 1. The van der Waals surface area contributed by atoms with Crippen LogP contribution in [-0.2, 0) is 11.2 Å². The van der Waals surface area contributed by atoms with Gasteiger partial charge in [-0.25, -0.2) is 0 Å². The molecular formula is C17H18N2OS. The highest BCUT2D eigenvalue weighted by molar-refractivity contribution is 8.03. The Morgan fingerprint density at radius 2 is 2.19 bits per heavy atom. The van der Waals surface area contributed by atoms with Gasteiger partial charge >= 0.3 is 0 Å². The van der Waals surface area contributed by atoms with Crippen molar-refractivity contribution in [3.05, 3.63) is 58.6 Å². The highest BCUT2D eigenvalue weighted by Gasteiger charge is 2.29. The SMILES string of the molecule is C=CCSC1=C(C#N)[C@H](c2ccc(CC)cc2)CC(=O)N1. The molecule has 21 heavy (non-hydrogen) atoms. The quantitative estimate of drug-likeness (QED) is 0.846. The second kappa shape index (κ2) is 7.14. The minimum absolute atomic E-state index is 0.0369. The molecule has 0 saturated carbocycles. The molecule has 1 atom stereocenters. The first-order valence-corrected chi connectivity index (χ1v) is 7.94. The normalized spacial score (nSPS) is 18.1. The first kappa shape index (κ1) is 15.4. The summed E-state index contributed by atoms with van der Waals surface area (Å²) in [7, 11) is 0. The van der Waals surface area contributed by atoms with Gasteiger partial charge in [0.1, 0.15) is 0 Å². The molecule has 1 aliphatic heterocycles. The molecule has 0 saturated heterocycles. The molecule has 3 nitrogen and oxygen atoms in total. The minimum atomic E-state index is -0.151. The van der Waals surface area contributed by atoms with Gasteiger partial charge in [-0.2, -0.15) is 5.26 Å². The maximum atomic E-state index is 11.9. The average molecular weight is 298 g/mol. The maximum absolute atomic E-state index is 11.9. The molecule has 4 heteroatoms. The van der Waals surface area contributed by atoms with Gasteiger partial charge in [0.2, 0.25) is 5.91 Å². The van der Waals surface area contributed by atoms with Crippen molar-refractivity contribution < 1.29 is 4.79 Å². The van der Waals surface area contributed by atoms with E-state index in [9.17, 15) is 10.1 Å². The lowest BCUT2D eigenvalue weighted by Crippen LogP contribution is -2.30. The van der Waals surface area contributed by atoms with Crippen LogP contribution in [0.3, 0.4) is 0 Å². The fourth-order valence-corrected chi connectivity index (χ4v) is 3.16. The smallest absolute Gasteiger partial charge is 0.225 e. The van der Waals surface area contributed by atoms with E-state index in [1.165, 1.54) is 17.3 Å². The van der Waals surface area contributed by atoms with Crippen LogP contribution in [0.1, 0.15) is 30.4 Å². The van der Waals surface area contributed by atoms with Crippen molar-refractivity contribution in [2.45, 2.75) is 25.7 Å². The Morgan fingerprint density at radius 3 is 2.76 bits per heavy atom. The molecule has 0 spiro atoms. The van der Waals surface area contributed by atoms with Crippen LogP contribution in [0.25, 0.3) is 0 Å². The maximum Gasteiger partial charge on any atom is 0.225 e. The van der Waals surface area contributed by atoms with Crippen molar-refractivity contribution in [1.82, 2.24) is 5.32 Å². The molecule has 0 bridgehead atoms. The minimum Gasteiger partial charge on any atom is -0.320 e. The van der Waals surface area contributed by atoms with E-state index >= 15 is 0 Å². The van der Waals surface area contributed by atoms with Crippen LogP contribution in [-0.4, -0.2) is 11.7 Å². The monoisotopic (exact) mass is 298 g/mol. The van der Waals surface area contributed by atoms with Gasteiger partial charge < -0.3 is 5.32 Å². The molecule has 1 aromatic rings. The number of aryl methyl sites for hydroxylation is 1. The predicted molar refractivity (Wildman–Crippen MR) is 86.6 cm³/mol. The number of carbonyl (C=O) groups excluding carboxylic acids is 1. The van der Waals surface area contributed by atoms with Crippen LogP contribution in [0, 0.1) is 11.3 Å². The van der Waals surface area contributed by atoms with E-state index in [0.29, 0.717) is 22.8 Å². The molecule has 0 aromatic heterocycles. The summed E-state index contributed by atoms with van der Waals surface area (Å²) in [4.78, 5) is 11.9. The van der Waals surface area contributed by atoms with Gasteiger partial charge in [0, 0.05) is 18.1 Å². The Bertz CT molecular complexity index is 611. The molecule has 0 aliphatic carbocycles. The van der Waals surface area contributed by atoms with Crippen LogP contribution in [0.5, 0.6) is 0 Å². The third kappa shape index (κ3) is 3.56. The molecule has 0 fully saturated rings. The number of hydrogen-bond acceptors (Lipinski definition) is 3. The summed E-state index contributed by atoms with van der Waals surface area (Å²) in [6, 6.07) is 10.4. The summed E-state index contributed by atoms with van der Waals surface area (Å²) in [6.07, 6.45) is 3.07. The van der Waals surface area contributed by atoms with Gasteiger partial charge in [-0.15, -0.1) is 18.3 Å². The lowest BCUT2D eigenvalue weighted by atomic mass is 9.86. The largest absolute Gasteiger partial charge is 0.320 e. The fraction of sp³-hybridized carbons (Fsp3) is 0.294. The highest BCUT2D eigenvalue weighted by Crippen LogP contribution is 2.35. The lowest BCUT2D eigenvalue weighted by molar-refractivity contribution is -0.120. The summed E-state index contributed by atoms with van der Waals surface area (Å²) >= 11 is 1.45.